The van der Waals surface area contributed by atoms with Gasteiger partial charge in [0.05, 0.1) is 11.5 Å². The Morgan fingerprint density at radius 2 is 1.82 bits per heavy atom. The largest absolute Gasteiger partial charge is 0.455 e. The quantitative estimate of drug-likeness (QED) is 0.589. The Morgan fingerprint density at radius 1 is 1.09 bits per heavy atom. The first-order chi connectivity index (χ1) is 15.9. The smallest absolute Gasteiger partial charge is 0.342 e. The van der Waals surface area contributed by atoms with Crippen molar-refractivity contribution in [1.29, 1.82) is 5.26 Å². The number of esters is 1. The van der Waals surface area contributed by atoms with Crippen LogP contribution in [0.4, 0.5) is 0 Å². The third-order valence-corrected chi connectivity index (χ3v) is 6.04. The molecule has 1 fully saturated rings. The second-order valence-corrected chi connectivity index (χ2v) is 8.31. The summed E-state index contributed by atoms with van der Waals surface area (Å²) in [4.78, 5) is 38.2. The van der Waals surface area contributed by atoms with E-state index in [1.54, 1.807) is 19.1 Å². The molecule has 1 saturated carbocycles. The topological polar surface area (TPSA) is 109 Å². The van der Waals surface area contributed by atoms with Crippen molar-refractivity contribution < 1.29 is 18.7 Å². The van der Waals surface area contributed by atoms with Gasteiger partial charge in [-0.25, -0.2) is 4.79 Å². The van der Waals surface area contributed by atoms with Crippen molar-refractivity contribution in [3.63, 3.8) is 0 Å². The van der Waals surface area contributed by atoms with Crippen LogP contribution in [0, 0.1) is 18.3 Å². The third-order valence-electron chi connectivity index (χ3n) is 6.04. The van der Waals surface area contributed by atoms with Crippen LogP contribution in [0.3, 0.4) is 0 Å². The summed E-state index contributed by atoms with van der Waals surface area (Å²) in [6.45, 7) is 1.15. The van der Waals surface area contributed by atoms with Crippen molar-refractivity contribution in [2.75, 3.05) is 6.61 Å². The maximum atomic E-state index is 12.9. The highest BCUT2D eigenvalue weighted by Gasteiger charge is 2.33. The van der Waals surface area contributed by atoms with Crippen LogP contribution in [0.2, 0.25) is 0 Å². The monoisotopic (exact) mass is 444 g/mol. The summed E-state index contributed by atoms with van der Waals surface area (Å²) >= 11 is 0. The van der Waals surface area contributed by atoms with Crippen LogP contribution in [0.5, 0.6) is 0 Å². The molecule has 0 unspecified atom stereocenters. The van der Waals surface area contributed by atoms with Crippen molar-refractivity contribution in [1.82, 2.24) is 5.32 Å². The Hall–Kier alpha value is -3.92. The van der Waals surface area contributed by atoms with E-state index in [1.165, 1.54) is 6.07 Å². The third kappa shape index (κ3) is 4.51. The number of amides is 1. The van der Waals surface area contributed by atoms with Gasteiger partial charge >= 0.3 is 5.97 Å². The van der Waals surface area contributed by atoms with Gasteiger partial charge in [0.25, 0.3) is 5.91 Å². The maximum Gasteiger partial charge on any atom is 0.342 e. The van der Waals surface area contributed by atoms with Gasteiger partial charge in [-0.05, 0) is 31.9 Å². The first kappa shape index (κ1) is 22.3. The molecule has 7 nitrogen and oxygen atoms in total. The molecule has 3 aromatic rings. The highest BCUT2D eigenvalue weighted by atomic mass is 16.5. The fourth-order valence-electron chi connectivity index (χ4n) is 4.27. The lowest BCUT2D eigenvalue weighted by Crippen LogP contribution is -2.50. The predicted octanol–water partition coefficient (Wildman–Crippen LogP) is 4.27. The summed E-state index contributed by atoms with van der Waals surface area (Å²) in [5.41, 5.74) is 0.172. The zero-order chi connectivity index (χ0) is 23.4. The Morgan fingerprint density at radius 3 is 2.52 bits per heavy atom. The molecule has 1 aliphatic rings. The van der Waals surface area contributed by atoms with E-state index in [1.807, 2.05) is 30.3 Å². The molecule has 2 aromatic carbocycles. The zero-order valence-electron chi connectivity index (χ0n) is 18.3. The standard InChI is InChI=1S/C26H24N2O5/c1-17-22(30)19-11-8-12-20(24(19)33-23(17)18-9-4-2-5-10-18)25(31)32-15-21(29)28-26(16-27)13-6-3-7-14-26/h2,4-5,8-12H,3,6-7,13-15H2,1H3,(H,28,29). The van der Waals surface area contributed by atoms with Crippen LogP contribution in [-0.2, 0) is 9.53 Å². The number of hydrogen-bond donors (Lipinski definition) is 1. The van der Waals surface area contributed by atoms with Crippen molar-refractivity contribution in [2.24, 2.45) is 0 Å². The van der Waals surface area contributed by atoms with Crippen LogP contribution in [0.15, 0.2) is 57.7 Å². The molecule has 1 heterocycles. The van der Waals surface area contributed by atoms with Gasteiger partial charge in [-0.1, -0.05) is 55.7 Å². The molecule has 33 heavy (non-hydrogen) atoms. The van der Waals surface area contributed by atoms with E-state index in [-0.39, 0.29) is 22.0 Å². The first-order valence-electron chi connectivity index (χ1n) is 11.0. The molecule has 1 aromatic heterocycles. The number of nitrogens with zero attached hydrogens (tertiary/aromatic N) is 1. The molecule has 0 bridgehead atoms. The van der Waals surface area contributed by atoms with Gasteiger partial charge in [0, 0.05) is 11.1 Å². The highest BCUT2D eigenvalue weighted by Crippen LogP contribution is 2.28. The Kier molecular flexibility index (Phi) is 6.27. The summed E-state index contributed by atoms with van der Waals surface area (Å²) in [5.74, 6) is -0.940. The summed E-state index contributed by atoms with van der Waals surface area (Å²) < 4.78 is 11.3. The minimum atomic E-state index is -0.907. The molecule has 1 amide bonds. The molecule has 0 atom stereocenters. The van der Waals surface area contributed by atoms with Crippen LogP contribution < -0.4 is 10.7 Å². The summed E-state index contributed by atoms with van der Waals surface area (Å²) in [6, 6.07) is 16.0. The summed E-state index contributed by atoms with van der Waals surface area (Å²) in [5, 5.41) is 12.5. The minimum Gasteiger partial charge on any atom is -0.455 e. The van der Waals surface area contributed by atoms with Crippen LogP contribution in [0.1, 0.15) is 48.0 Å². The van der Waals surface area contributed by atoms with E-state index in [2.05, 4.69) is 11.4 Å². The van der Waals surface area contributed by atoms with Crippen molar-refractivity contribution in [3.05, 3.63) is 69.9 Å². The number of nitriles is 1. The number of para-hydroxylation sites is 1. The average molecular weight is 444 g/mol. The number of nitrogens with one attached hydrogen (secondary N) is 1. The number of carbonyl (C=O) groups is 2. The number of rotatable bonds is 5. The summed E-state index contributed by atoms with van der Waals surface area (Å²) in [7, 11) is 0. The van der Waals surface area contributed by atoms with Crippen molar-refractivity contribution in [2.45, 2.75) is 44.6 Å². The highest BCUT2D eigenvalue weighted by molar-refractivity contribution is 6.02. The van der Waals surface area contributed by atoms with E-state index in [9.17, 15) is 19.6 Å². The van der Waals surface area contributed by atoms with Gasteiger partial charge in [0.2, 0.25) is 0 Å². The molecular formula is C26H24N2O5. The lowest BCUT2D eigenvalue weighted by atomic mass is 9.83. The van der Waals surface area contributed by atoms with Crippen LogP contribution in [-0.4, -0.2) is 24.0 Å². The fourth-order valence-corrected chi connectivity index (χ4v) is 4.27. The Balaban J connectivity index is 1.58. The molecule has 4 rings (SSSR count). The number of ether oxygens (including phenoxy) is 1. The average Bonchev–Trinajstić information content (AvgIpc) is 2.85. The van der Waals surface area contributed by atoms with Crippen LogP contribution in [0.25, 0.3) is 22.3 Å². The van der Waals surface area contributed by atoms with Crippen LogP contribution >= 0.6 is 0 Å². The van der Waals surface area contributed by atoms with E-state index >= 15 is 0 Å². The molecule has 1 aliphatic carbocycles. The Labute approximate surface area is 191 Å². The molecule has 0 aliphatic heterocycles. The SMILES string of the molecule is Cc1c(-c2ccccc2)oc2c(C(=O)OCC(=O)NC3(C#N)CCCCC3)cccc2c1=O. The van der Waals surface area contributed by atoms with Gasteiger partial charge in [-0.2, -0.15) is 5.26 Å². The maximum absolute atomic E-state index is 12.9. The van der Waals surface area contributed by atoms with E-state index < -0.39 is 24.0 Å². The molecule has 0 spiro atoms. The lowest BCUT2D eigenvalue weighted by molar-refractivity contribution is -0.125. The molecule has 0 saturated heterocycles. The van der Waals surface area contributed by atoms with E-state index in [4.69, 9.17) is 9.15 Å². The molecule has 7 heteroatoms. The number of hydrogen-bond acceptors (Lipinski definition) is 6. The first-order valence-corrected chi connectivity index (χ1v) is 11.0. The molecule has 1 N–H and O–H groups in total. The van der Waals surface area contributed by atoms with Gasteiger partial charge in [0.1, 0.15) is 16.9 Å². The van der Waals surface area contributed by atoms with Gasteiger partial charge in [0.15, 0.2) is 17.6 Å². The van der Waals surface area contributed by atoms with Gasteiger partial charge in [-0.15, -0.1) is 0 Å². The summed E-state index contributed by atoms with van der Waals surface area (Å²) in [6.07, 6.45) is 3.93. The number of fused-ring (bicyclic) bond motifs is 1. The van der Waals surface area contributed by atoms with E-state index in [0.717, 1.165) is 19.3 Å². The van der Waals surface area contributed by atoms with Gasteiger partial charge in [-0.3, -0.25) is 9.59 Å². The second kappa shape index (κ2) is 9.29. The second-order valence-electron chi connectivity index (χ2n) is 8.31. The lowest BCUT2D eigenvalue weighted by Gasteiger charge is -2.31. The minimum absolute atomic E-state index is 0.0576. The number of benzene rings is 2. The molecular weight excluding hydrogens is 420 g/mol. The van der Waals surface area contributed by atoms with E-state index in [0.29, 0.717) is 29.7 Å². The molecule has 0 radical (unpaired) electrons. The molecule has 168 valence electrons. The number of carbonyl (C=O) groups excluding carboxylic acids is 2. The van der Waals surface area contributed by atoms with Crippen molar-refractivity contribution >= 4 is 22.8 Å². The fraction of sp³-hybridized carbons (Fsp3) is 0.308. The Bertz CT molecular complexity index is 1300. The normalized spacial score (nSPS) is 14.9. The van der Waals surface area contributed by atoms with Gasteiger partial charge < -0.3 is 14.5 Å². The van der Waals surface area contributed by atoms with Crippen molar-refractivity contribution in [3.8, 4) is 17.4 Å². The predicted molar refractivity (Wildman–Crippen MR) is 123 cm³/mol. The zero-order valence-corrected chi connectivity index (χ0v) is 18.3.